The fourth-order valence-corrected chi connectivity index (χ4v) is 4.69. The third-order valence-corrected chi connectivity index (χ3v) is 7.08. The molecule has 0 N–H and O–H groups in total. The molecule has 1 aromatic heterocycles. The molecule has 31 heavy (non-hydrogen) atoms. The van der Waals surface area contributed by atoms with Gasteiger partial charge < -0.3 is 9.64 Å². The molecule has 0 atom stereocenters. The third-order valence-electron chi connectivity index (χ3n) is 7.08. The molecule has 0 unspecified atom stereocenters. The van der Waals surface area contributed by atoms with E-state index in [2.05, 4.69) is 41.2 Å². The Morgan fingerprint density at radius 1 is 1.03 bits per heavy atom. The molecule has 1 saturated heterocycles. The summed E-state index contributed by atoms with van der Waals surface area (Å²) in [7, 11) is 1.97. The van der Waals surface area contributed by atoms with Crippen LogP contribution in [0.3, 0.4) is 0 Å². The number of nitrogens with zero attached hydrogens (tertiary/aromatic N) is 3. The Hall–Kier alpha value is -2.14. The van der Waals surface area contributed by atoms with Crippen LogP contribution in [0.1, 0.15) is 60.2 Å². The number of piperidine rings is 1. The molecule has 2 heterocycles. The van der Waals surface area contributed by atoms with Crippen molar-refractivity contribution in [1.82, 2.24) is 14.7 Å². The molecule has 1 saturated carbocycles. The van der Waals surface area contributed by atoms with Crippen molar-refractivity contribution < 1.29 is 9.53 Å². The average molecular weight is 424 g/mol. The monoisotopic (exact) mass is 423 g/mol. The summed E-state index contributed by atoms with van der Waals surface area (Å²) in [6.45, 7) is 7.55. The van der Waals surface area contributed by atoms with Crippen LogP contribution >= 0.6 is 0 Å². The molecular weight excluding hydrogens is 386 g/mol. The van der Waals surface area contributed by atoms with Crippen molar-refractivity contribution in [3.63, 3.8) is 0 Å². The van der Waals surface area contributed by atoms with Crippen molar-refractivity contribution in [3.8, 4) is 0 Å². The van der Waals surface area contributed by atoms with Gasteiger partial charge in [-0.25, -0.2) is 0 Å². The maximum absolute atomic E-state index is 12.7. The van der Waals surface area contributed by atoms with E-state index in [-0.39, 0.29) is 5.91 Å². The molecule has 5 nitrogen and oxygen atoms in total. The topological polar surface area (TPSA) is 47.4 Å². The maximum Gasteiger partial charge on any atom is 0.222 e. The van der Waals surface area contributed by atoms with Crippen molar-refractivity contribution in [2.24, 2.45) is 18.9 Å². The third kappa shape index (κ3) is 5.97. The first kappa shape index (κ1) is 22.1. The molecule has 2 fully saturated rings. The van der Waals surface area contributed by atoms with E-state index in [0.29, 0.717) is 12.3 Å². The number of ether oxygens (including phenoxy) is 1. The molecule has 2 aliphatic rings. The Morgan fingerprint density at radius 3 is 2.32 bits per heavy atom. The van der Waals surface area contributed by atoms with Gasteiger partial charge in [0.1, 0.15) is 0 Å². The van der Waals surface area contributed by atoms with Gasteiger partial charge in [0.25, 0.3) is 0 Å². The van der Waals surface area contributed by atoms with Crippen molar-refractivity contribution >= 4 is 5.91 Å². The number of likely N-dealkylation sites (tertiary alicyclic amines) is 1. The predicted molar refractivity (Wildman–Crippen MR) is 123 cm³/mol. The molecule has 1 aliphatic carbocycles. The van der Waals surface area contributed by atoms with Gasteiger partial charge in [-0.3, -0.25) is 9.48 Å². The van der Waals surface area contributed by atoms with Gasteiger partial charge >= 0.3 is 0 Å². The van der Waals surface area contributed by atoms with Crippen molar-refractivity contribution in [2.75, 3.05) is 19.7 Å². The highest BCUT2D eigenvalue weighted by Gasteiger charge is 2.24. The second-order valence-electron chi connectivity index (χ2n) is 9.58. The summed E-state index contributed by atoms with van der Waals surface area (Å²) in [6, 6.07) is 8.93. The SMILES string of the molecule is Cc1nn(C)c(C)c1CCC(=O)N1CCC(Cc2ccc(COCC3CC3)cc2)CC1. The normalized spacial score (nSPS) is 17.3. The lowest BCUT2D eigenvalue weighted by Gasteiger charge is -2.32. The maximum atomic E-state index is 12.7. The minimum atomic E-state index is 0.289. The minimum absolute atomic E-state index is 0.289. The molecule has 0 spiro atoms. The van der Waals surface area contributed by atoms with E-state index in [1.165, 1.54) is 35.2 Å². The van der Waals surface area contributed by atoms with Crippen LogP contribution in [0.15, 0.2) is 24.3 Å². The van der Waals surface area contributed by atoms with Gasteiger partial charge in [0.2, 0.25) is 5.91 Å². The smallest absolute Gasteiger partial charge is 0.222 e. The number of carbonyl (C=O) groups excluding carboxylic acids is 1. The Balaban J connectivity index is 1.18. The quantitative estimate of drug-likeness (QED) is 0.601. The molecule has 0 bridgehead atoms. The van der Waals surface area contributed by atoms with Crippen LogP contribution in [0.5, 0.6) is 0 Å². The average Bonchev–Trinajstić information content (AvgIpc) is 3.55. The number of rotatable bonds is 9. The van der Waals surface area contributed by atoms with Gasteiger partial charge in [0.05, 0.1) is 12.3 Å². The number of carbonyl (C=O) groups is 1. The van der Waals surface area contributed by atoms with Crippen LogP contribution < -0.4 is 0 Å². The highest BCUT2D eigenvalue weighted by Crippen LogP contribution is 2.29. The van der Waals surface area contributed by atoms with Gasteiger partial charge in [-0.2, -0.15) is 5.10 Å². The van der Waals surface area contributed by atoms with Crippen molar-refractivity contribution in [2.45, 2.75) is 65.4 Å². The molecule has 5 heteroatoms. The molecule has 1 aliphatic heterocycles. The number of aromatic nitrogens is 2. The Kier molecular flexibility index (Phi) is 7.11. The zero-order chi connectivity index (χ0) is 21.8. The lowest BCUT2D eigenvalue weighted by Crippen LogP contribution is -2.39. The summed E-state index contributed by atoms with van der Waals surface area (Å²) < 4.78 is 7.70. The highest BCUT2D eigenvalue weighted by atomic mass is 16.5. The fraction of sp³-hybridized carbons (Fsp3) is 0.615. The summed E-state index contributed by atoms with van der Waals surface area (Å²) in [5, 5.41) is 4.46. The zero-order valence-corrected chi connectivity index (χ0v) is 19.4. The largest absolute Gasteiger partial charge is 0.376 e. The van der Waals surface area contributed by atoms with Crippen molar-refractivity contribution in [3.05, 3.63) is 52.3 Å². The number of aryl methyl sites for hydroxylation is 2. The van der Waals surface area contributed by atoms with Gasteiger partial charge in [0, 0.05) is 38.9 Å². The van der Waals surface area contributed by atoms with E-state index in [1.807, 2.05) is 18.7 Å². The number of amides is 1. The Labute approximate surface area is 186 Å². The Morgan fingerprint density at radius 2 is 1.71 bits per heavy atom. The van der Waals surface area contributed by atoms with Crippen LogP contribution in [-0.4, -0.2) is 40.3 Å². The summed E-state index contributed by atoms with van der Waals surface area (Å²) in [4.78, 5) is 14.8. The first-order valence-electron chi connectivity index (χ1n) is 11.9. The first-order chi connectivity index (χ1) is 15.0. The molecule has 1 amide bonds. The van der Waals surface area contributed by atoms with E-state index < -0.39 is 0 Å². The van der Waals surface area contributed by atoms with Gasteiger partial charge in [-0.05, 0) is 80.9 Å². The zero-order valence-electron chi connectivity index (χ0n) is 19.4. The molecule has 0 radical (unpaired) electrons. The number of hydrogen-bond acceptors (Lipinski definition) is 3. The minimum Gasteiger partial charge on any atom is -0.376 e. The lowest BCUT2D eigenvalue weighted by molar-refractivity contribution is -0.132. The van der Waals surface area contributed by atoms with Crippen LogP contribution in [0.25, 0.3) is 0 Å². The fourth-order valence-electron chi connectivity index (χ4n) is 4.69. The summed E-state index contributed by atoms with van der Waals surface area (Å²) in [5.41, 5.74) is 6.12. The second-order valence-corrected chi connectivity index (χ2v) is 9.58. The van der Waals surface area contributed by atoms with Gasteiger partial charge in [0.15, 0.2) is 0 Å². The molecule has 1 aromatic carbocycles. The number of hydrogen-bond donors (Lipinski definition) is 0. The van der Waals surface area contributed by atoms with Crippen LogP contribution in [0.4, 0.5) is 0 Å². The van der Waals surface area contributed by atoms with Gasteiger partial charge in [-0.1, -0.05) is 24.3 Å². The first-order valence-corrected chi connectivity index (χ1v) is 11.9. The summed E-state index contributed by atoms with van der Waals surface area (Å²) in [5.74, 6) is 1.78. The standard InChI is InChI=1S/C26H37N3O2/c1-19-25(20(2)28(3)27-19)10-11-26(30)29-14-12-22(13-15-29)16-21-4-6-23(7-5-21)17-31-18-24-8-9-24/h4-7,22,24H,8-18H2,1-3H3. The molecule has 168 valence electrons. The van der Waals surface area contributed by atoms with Crippen molar-refractivity contribution in [1.29, 1.82) is 0 Å². The van der Waals surface area contributed by atoms with E-state index in [9.17, 15) is 4.79 Å². The van der Waals surface area contributed by atoms with Crippen LogP contribution in [0, 0.1) is 25.7 Å². The van der Waals surface area contributed by atoms with E-state index >= 15 is 0 Å². The summed E-state index contributed by atoms with van der Waals surface area (Å²) >= 11 is 0. The molecule has 4 rings (SSSR count). The predicted octanol–water partition coefficient (Wildman–Crippen LogP) is 4.38. The summed E-state index contributed by atoms with van der Waals surface area (Å²) in [6.07, 6.45) is 7.37. The highest BCUT2D eigenvalue weighted by molar-refractivity contribution is 5.76. The Bertz CT molecular complexity index is 875. The van der Waals surface area contributed by atoms with E-state index in [0.717, 1.165) is 63.6 Å². The molecular formula is C26H37N3O2. The molecule has 2 aromatic rings. The van der Waals surface area contributed by atoms with Crippen LogP contribution in [-0.2, 0) is 36.0 Å². The van der Waals surface area contributed by atoms with Crippen LogP contribution in [0.2, 0.25) is 0 Å². The van der Waals surface area contributed by atoms with E-state index in [1.54, 1.807) is 0 Å². The number of benzene rings is 1. The van der Waals surface area contributed by atoms with E-state index in [4.69, 9.17) is 4.74 Å². The second kappa shape index (κ2) is 9.99. The lowest BCUT2D eigenvalue weighted by atomic mass is 9.89. The van der Waals surface area contributed by atoms with Gasteiger partial charge in [-0.15, -0.1) is 0 Å².